The fraction of sp³-hybridized carbons (Fsp3) is 0.600. The van der Waals surface area contributed by atoms with E-state index < -0.39 is 10.0 Å². The standard InChI is InChI=1S/C15H22N2O4S/c1-20-13-7-14(21-2)9-15(8-13)22(18,19)17-12-5-10-3-4-11(6-12)16-10/h7-12,16-17H,3-6H2,1-2H3. The fourth-order valence-electron chi connectivity index (χ4n) is 3.38. The molecule has 3 rings (SSSR count). The van der Waals surface area contributed by atoms with E-state index >= 15 is 0 Å². The summed E-state index contributed by atoms with van der Waals surface area (Å²) in [6, 6.07) is 5.55. The van der Waals surface area contributed by atoms with Gasteiger partial charge in [-0.1, -0.05) is 0 Å². The number of methoxy groups -OCH3 is 2. The van der Waals surface area contributed by atoms with Crippen LogP contribution >= 0.6 is 0 Å². The second kappa shape index (κ2) is 6.06. The van der Waals surface area contributed by atoms with Crippen LogP contribution in [-0.4, -0.2) is 40.8 Å². The van der Waals surface area contributed by atoms with E-state index in [1.165, 1.54) is 26.4 Å². The van der Waals surface area contributed by atoms with Gasteiger partial charge in [0, 0.05) is 36.3 Å². The minimum absolute atomic E-state index is 0.0130. The second-order valence-corrected chi connectivity index (χ2v) is 7.69. The van der Waals surface area contributed by atoms with Gasteiger partial charge < -0.3 is 14.8 Å². The van der Waals surface area contributed by atoms with Crippen LogP contribution in [0.3, 0.4) is 0 Å². The maximum absolute atomic E-state index is 12.6. The normalized spacial score (nSPS) is 27.6. The molecule has 1 aromatic rings. The number of hydrogen-bond donors (Lipinski definition) is 2. The molecule has 6 nitrogen and oxygen atoms in total. The number of nitrogens with one attached hydrogen (secondary N) is 2. The molecular formula is C15H22N2O4S. The van der Waals surface area contributed by atoms with Crippen LogP contribution in [-0.2, 0) is 10.0 Å². The van der Waals surface area contributed by atoms with Crippen LogP contribution in [0.4, 0.5) is 0 Å². The zero-order valence-electron chi connectivity index (χ0n) is 12.8. The van der Waals surface area contributed by atoms with E-state index in [0.29, 0.717) is 23.6 Å². The van der Waals surface area contributed by atoms with Crippen LogP contribution in [0.5, 0.6) is 11.5 Å². The number of hydrogen-bond acceptors (Lipinski definition) is 5. The summed E-state index contributed by atoms with van der Waals surface area (Å²) >= 11 is 0. The zero-order valence-corrected chi connectivity index (χ0v) is 13.7. The topological polar surface area (TPSA) is 76.7 Å². The Bertz CT molecular complexity index is 613. The third-order valence-corrected chi connectivity index (χ3v) is 5.93. The highest BCUT2D eigenvalue weighted by molar-refractivity contribution is 7.89. The van der Waals surface area contributed by atoms with E-state index in [4.69, 9.17) is 9.47 Å². The minimum atomic E-state index is -3.58. The molecule has 2 heterocycles. The molecule has 2 atom stereocenters. The van der Waals surface area contributed by atoms with Gasteiger partial charge in [0.1, 0.15) is 11.5 Å². The first-order valence-electron chi connectivity index (χ1n) is 7.51. The first-order valence-corrected chi connectivity index (χ1v) is 9.00. The van der Waals surface area contributed by atoms with E-state index in [1.807, 2.05) is 0 Å². The van der Waals surface area contributed by atoms with Crippen molar-refractivity contribution in [2.75, 3.05) is 14.2 Å². The molecule has 0 spiro atoms. The molecule has 0 amide bonds. The molecular weight excluding hydrogens is 304 g/mol. The van der Waals surface area contributed by atoms with E-state index in [0.717, 1.165) is 25.7 Å². The van der Waals surface area contributed by atoms with Crippen LogP contribution in [0, 0.1) is 0 Å². The summed E-state index contributed by atoms with van der Waals surface area (Å²) in [6.45, 7) is 0. The Hall–Kier alpha value is -1.31. The number of fused-ring (bicyclic) bond motifs is 2. The maximum Gasteiger partial charge on any atom is 0.241 e. The van der Waals surface area contributed by atoms with Gasteiger partial charge in [0.25, 0.3) is 0 Å². The van der Waals surface area contributed by atoms with Gasteiger partial charge in [-0.2, -0.15) is 0 Å². The van der Waals surface area contributed by atoms with Crippen molar-refractivity contribution < 1.29 is 17.9 Å². The molecule has 0 aromatic heterocycles. The first-order chi connectivity index (χ1) is 10.5. The van der Waals surface area contributed by atoms with Crippen LogP contribution in [0.1, 0.15) is 25.7 Å². The quantitative estimate of drug-likeness (QED) is 0.852. The smallest absolute Gasteiger partial charge is 0.241 e. The van der Waals surface area contributed by atoms with Crippen LogP contribution in [0.2, 0.25) is 0 Å². The first kappa shape index (κ1) is 15.6. The Morgan fingerprint density at radius 1 is 1.05 bits per heavy atom. The molecule has 22 heavy (non-hydrogen) atoms. The van der Waals surface area contributed by atoms with Crippen LogP contribution in [0.15, 0.2) is 23.1 Å². The number of rotatable bonds is 5. The Morgan fingerprint density at radius 2 is 1.59 bits per heavy atom. The lowest BCUT2D eigenvalue weighted by Gasteiger charge is -2.29. The van der Waals surface area contributed by atoms with Gasteiger partial charge in [-0.3, -0.25) is 0 Å². The Balaban J connectivity index is 1.80. The molecule has 2 unspecified atom stereocenters. The van der Waals surface area contributed by atoms with Crippen molar-refractivity contribution in [2.45, 2.75) is 48.7 Å². The number of piperidine rings is 1. The summed E-state index contributed by atoms with van der Waals surface area (Å²) in [7, 11) is -0.576. The van der Waals surface area contributed by atoms with Gasteiger partial charge >= 0.3 is 0 Å². The minimum Gasteiger partial charge on any atom is -0.497 e. The summed E-state index contributed by atoms with van der Waals surface area (Å²) in [5, 5.41) is 3.51. The average molecular weight is 326 g/mol. The molecule has 2 N–H and O–H groups in total. The summed E-state index contributed by atoms with van der Waals surface area (Å²) in [6.07, 6.45) is 3.96. The van der Waals surface area contributed by atoms with Crippen molar-refractivity contribution in [3.8, 4) is 11.5 Å². The molecule has 2 fully saturated rings. The SMILES string of the molecule is COc1cc(OC)cc(S(=O)(=O)NC2CC3CCC(C2)N3)c1. The van der Waals surface area contributed by atoms with Crippen LogP contribution in [0.25, 0.3) is 0 Å². The van der Waals surface area contributed by atoms with Gasteiger partial charge in [-0.15, -0.1) is 0 Å². The van der Waals surface area contributed by atoms with E-state index in [2.05, 4.69) is 10.0 Å². The van der Waals surface area contributed by atoms with E-state index in [1.54, 1.807) is 6.07 Å². The number of benzene rings is 1. The van der Waals surface area contributed by atoms with Gasteiger partial charge in [0.2, 0.25) is 10.0 Å². The molecule has 2 aliphatic rings. The Labute approximate surface area is 131 Å². The van der Waals surface area contributed by atoms with Crippen molar-refractivity contribution in [1.82, 2.24) is 10.0 Å². The molecule has 0 aliphatic carbocycles. The largest absolute Gasteiger partial charge is 0.497 e. The van der Waals surface area contributed by atoms with Gasteiger partial charge in [-0.05, 0) is 25.7 Å². The van der Waals surface area contributed by atoms with E-state index in [9.17, 15) is 8.42 Å². The van der Waals surface area contributed by atoms with Crippen molar-refractivity contribution in [1.29, 1.82) is 0 Å². The highest BCUT2D eigenvalue weighted by Gasteiger charge is 2.35. The zero-order chi connectivity index (χ0) is 15.7. The van der Waals surface area contributed by atoms with Gasteiger partial charge in [-0.25, -0.2) is 13.1 Å². The summed E-state index contributed by atoms with van der Waals surface area (Å²) in [5.74, 6) is 0.926. The molecule has 2 aliphatic heterocycles. The molecule has 7 heteroatoms. The molecule has 2 saturated heterocycles. The lowest BCUT2D eigenvalue weighted by Crippen LogP contribution is -2.47. The monoisotopic (exact) mass is 326 g/mol. The summed E-state index contributed by atoms with van der Waals surface area (Å²) in [5.41, 5.74) is 0. The van der Waals surface area contributed by atoms with Crippen molar-refractivity contribution in [3.63, 3.8) is 0 Å². The number of sulfonamides is 1. The average Bonchev–Trinajstić information content (AvgIpc) is 2.85. The third kappa shape index (κ3) is 3.21. The molecule has 0 saturated carbocycles. The molecule has 122 valence electrons. The Morgan fingerprint density at radius 3 is 2.09 bits per heavy atom. The Kier molecular flexibility index (Phi) is 4.29. The van der Waals surface area contributed by atoms with E-state index in [-0.39, 0.29) is 10.9 Å². The lowest BCUT2D eigenvalue weighted by atomic mass is 10.0. The maximum atomic E-state index is 12.6. The van der Waals surface area contributed by atoms with Gasteiger partial charge in [0.05, 0.1) is 19.1 Å². The predicted octanol–water partition coefficient (Wildman–Crippen LogP) is 1.27. The summed E-state index contributed by atoms with van der Waals surface area (Å²) < 4.78 is 38.4. The fourth-order valence-corrected chi connectivity index (χ4v) is 4.69. The lowest BCUT2D eigenvalue weighted by molar-refractivity contribution is 0.345. The molecule has 2 bridgehead atoms. The van der Waals surface area contributed by atoms with Crippen molar-refractivity contribution in [3.05, 3.63) is 18.2 Å². The van der Waals surface area contributed by atoms with Crippen LogP contribution < -0.4 is 19.5 Å². The summed E-state index contributed by atoms with van der Waals surface area (Å²) in [4.78, 5) is 0.176. The van der Waals surface area contributed by atoms with Gasteiger partial charge in [0.15, 0.2) is 0 Å². The number of ether oxygens (including phenoxy) is 2. The van der Waals surface area contributed by atoms with Crippen molar-refractivity contribution in [2.24, 2.45) is 0 Å². The molecule has 0 radical (unpaired) electrons. The highest BCUT2D eigenvalue weighted by Crippen LogP contribution is 2.29. The predicted molar refractivity (Wildman–Crippen MR) is 82.8 cm³/mol. The molecule has 1 aromatic carbocycles. The second-order valence-electron chi connectivity index (χ2n) is 5.98. The third-order valence-electron chi connectivity index (χ3n) is 4.43. The van der Waals surface area contributed by atoms with Crippen molar-refractivity contribution >= 4 is 10.0 Å². The highest BCUT2D eigenvalue weighted by atomic mass is 32.2.